The molecule has 2 aromatic rings. The summed E-state index contributed by atoms with van der Waals surface area (Å²) in [5.41, 5.74) is 0.360. The van der Waals surface area contributed by atoms with Gasteiger partial charge in [-0.1, -0.05) is 15.9 Å². The molecule has 150 valence electrons. The summed E-state index contributed by atoms with van der Waals surface area (Å²) in [7, 11) is -3.14. The van der Waals surface area contributed by atoms with Crippen LogP contribution in [0.3, 0.4) is 0 Å². The van der Waals surface area contributed by atoms with E-state index in [0.717, 1.165) is 17.3 Å². The van der Waals surface area contributed by atoms with Crippen LogP contribution in [-0.4, -0.2) is 49.5 Å². The molecule has 9 heteroatoms. The van der Waals surface area contributed by atoms with Crippen molar-refractivity contribution in [2.24, 2.45) is 5.92 Å². The second-order valence-electron chi connectivity index (χ2n) is 6.73. The van der Waals surface area contributed by atoms with Crippen LogP contribution in [0.2, 0.25) is 0 Å². The minimum absolute atomic E-state index is 0.245. The summed E-state index contributed by atoms with van der Waals surface area (Å²) in [6.45, 7) is 1.47. The van der Waals surface area contributed by atoms with E-state index in [1.807, 2.05) is 12.1 Å². The molecule has 2 heterocycles. The van der Waals surface area contributed by atoms with Gasteiger partial charge in [0.05, 0.1) is 6.26 Å². The fraction of sp³-hybridized carbons (Fsp3) is 0.368. The number of halogens is 1. The standard InChI is InChI=1S/C19H22BrN3O4S/c1-28(25,26)23-11-8-14(9-12-23)13-22-18(24)17-3-2-10-21-19(17)27-16-6-4-15(20)5-7-16/h2-7,10,14H,8-9,11-13H2,1H3,(H,22,24). The average Bonchev–Trinajstić information content (AvgIpc) is 2.68. The second-order valence-corrected chi connectivity index (χ2v) is 9.63. The van der Waals surface area contributed by atoms with Crippen LogP contribution >= 0.6 is 15.9 Å². The van der Waals surface area contributed by atoms with E-state index in [9.17, 15) is 13.2 Å². The normalized spacial score (nSPS) is 15.9. The second kappa shape index (κ2) is 9.02. The summed E-state index contributed by atoms with van der Waals surface area (Å²) >= 11 is 3.37. The SMILES string of the molecule is CS(=O)(=O)N1CCC(CNC(=O)c2cccnc2Oc2ccc(Br)cc2)CC1. The quantitative estimate of drug-likeness (QED) is 0.704. The Hall–Kier alpha value is -1.97. The maximum Gasteiger partial charge on any atom is 0.256 e. The van der Waals surface area contributed by atoms with Crippen LogP contribution in [0.25, 0.3) is 0 Å². The molecule has 0 atom stereocenters. The molecule has 0 spiro atoms. The molecule has 0 unspecified atom stereocenters. The van der Waals surface area contributed by atoms with Crippen LogP contribution in [0, 0.1) is 5.92 Å². The molecule has 0 saturated carbocycles. The lowest BCUT2D eigenvalue weighted by Gasteiger charge is -2.30. The first-order valence-corrected chi connectivity index (χ1v) is 11.6. The van der Waals surface area contributed by atoms with Crippen LogP contribution in [0.5, 0.6) is 11.6 Å². The molecule has 1 aliphatic heterocycles. The maximum absolute atomic E-state index is 12.6. The first kappa shape index (κ1) is 20.8. The number of nitrogens with zero attached hydrogens (tertiary/aromatic N) is 2. The first-order chi connectivity index (χ1) is 13.3. The Morgan fingerprint density at radius 2 is 1.93 bits per heavy atom. The van der Waals surface area contributed by atoms with Gasteiger partial charge in [0, 0.05) is 30.3 Å². The summed E-state index contributed by atoms with van der Waals surface area (Å²) in [5, 5.41) is 2.92. The Kier molecular flexibility index (Phi) is 6.69. The lowest BCUT2D eigenvalue weighted by atomic mass is 9.98. The van der Waals surface area contributed by atoms with E-state index in [1.165, 1.54) is 10.6 Å². The fourth-order valence-corrected chi connectivity index (χ4v) is 4.17. The van der Waals surface area contributed by atoms with Crippen molar-refractivity contribution in [1.29, 1.82) is 0 Å². The van der Waals surface area contributed by atoms with Crippen LogP contribution in [0.1, 0.15) is 23.2 Å². The summed E-state index contributed by atoms with van der Waals surface area (Å²) < 4.78 is 31.3. The van der Waals surface area contributed by atoms with E-state index in [4.69, 9.17) is 4.74 Å². The number of carbonyl (C=O) groups excluding carboxylic acids is 1. The van der Waals surface area contributed by atoms with Gasteiger partial charge < -0.3 is 10.1 Å². The molecular formula is C19H22BrN3O4S. The molecule has 1 aromatic heterocycles. The van der Waals surface area contributed by atoms with Crippen LogP contribution in [0.4, 0.5) is 0 Å². The van der Waals surface area contributed by atoms with E-state index in [0.29, 0.717) is 30.9 Å². The highest BCUT2D eigenvalue weighted by Crippen LogP contribution is 2.25. The van der Waals surface area contributed by atoms with Gasteiger partial charge in [-0.05, 0) is 55.2 Å². The van der Waals surface area contributed by atoms with Crippen molar-refractivity contribution in [2.45, 2.75) is 12.8 Å². The summed E-state index contributed by atoms with van der Waals surface area (Å²) in [6, 6.07) is 10.6. The lowest BCUT2D eigenvalue weighted by molar-refractivity contribution is 0.0938. The monoisotopic (exact) mass is 467 g/mol. The van der Waals surface area contributed by atoms with Crippen molar-refractivity contribution in [3.63, 3.8) is 0 Å². The van der Waals surface area contributed by atoms with Gasteiger partial charge >= 0.3 is 0 Å². The number of rotatable bonds is 6. The zero-order valence-corrected chi connectivity index (χ0v) is 17.9. The number of piperidine rings is 1. The van der Waals surface area contributed by atoms with E-state index in [2.05, 4.69) is 26.2 Å². The Morgan fingerprint density at radius 1 is 1.25 bits per heavy atom. The molecule has 0 aliphatic carbocycles. The number of amides is 1. The van der Waals surface area contributed by atoms with Gasteiger partial charge in [-0.3, -0.25) is 4.79 Å². The van der Waals surface area contributed by atoms with Gasteiger partial charge in [0.1, 0.15) is 11.3 Å². The third-order valence-electron chi connectivity index (χ3n) is 4.64. The van der Waals surface area contributed by atoms with Crippen LogP contribution in [-0.2, 0) is 10.0 Å². The summed E-state index contributed by atoms with van der Waals surface area (Å²) in [6.07, 6.45) is 4.25. The van der Waals surface area contributed by atoms with Crippen molar-refractivity contribution in [2.75, 3.05) is 25.9 Å². The van der Waals surface area contributed by atoms with Crippen LogP contribution < -0.4 is 10.1 Å². The molecule has 1 aliphatic rings. The van der Waals surface area contributed by atoms with Crippen molar-refractivity contribution in [1.82, 2.24) is 14.6 Å². The highest BCUT2D eigenvalue weighted by molar-refractivity contribution is 9.10. The van der Waals surface area contributed by atoms with E-state index < -0.39 is 10.0 Å². The predicted octanol–water partition coefficient (Wildman–Crippen LogP) is 3.04. The van der Waals surface area contributed by atoms with E-state index >= 15 is 0 Å². The number of sulfonamides is 1. The maximum atomic E-state index is 12.6. The Morgan fingerprint density at radius 3 is 2.57 bits per heavy atom. The van der Waals surface area contributed by atoms with Gasteiger partial charge in [0.15, 0.2) is 0 Å². The number of benzene rings is 1. The molecule has 1 fully saturated rings. The Labute approximate surface area is 173 Å². The number of aromatic nitrogens is 1. The fourth-order valence-electron chi connectivity index (χ4n) is 3.04. The molecule has 1 amide bonds. The summed E-state index contributed by atoms with van der Waals surface area (Å²) in [4.78, 5) is 16.8. The molecule has 3 rings (SSSR count). The summed E-state index contributed by atoms with van der Waals surface area (Å²) in [5.74, 6) is 0.818. The van der Waals surface area contributed by atoms with Gasteiger partial charge in [-0.2, -0.15) is 0 Å². The third-order valence-corrected chi connectivity index (χ3v) is 6.47. The number of carbonyl (C=O) groups is 1. The molecule has 0 radical (unpaired) electrons. The van der Waals surface area contributed by atoms with Gasteiger partial charge in [0.2, 0.25) is 15.9 Å². The minimum atomic E-state index is -3.14. The number of hydrogen-bond donors (Lipinski definition) is 1. The number of ether oxygens (including phenoxy) is 1. The largest absolute Gasteiger partial charge is 0.438 e. The van der Waals surface area contributed by atoms with Crippen molar-refractivity contribution < 1.29 is 17.9 Å². The van der Waals surface area contributed by atoms with E-state index in [-0.39, 0.29) is 17.7 Å². The predicted molar refractivity (Wildman–Crippen MR) is 110 cm³/mol. The molecule has 0 bridgehead atoms. The number of pyridine rings is 1. The topological polar surface area (TPSA) is 88.6 Å². The number of nitrogens with one attached hydrogen (secondary N) is 1. The van der Waals surface area contributed by atoms with Crippen molar-refractivity contribution >= 4 is 31.9 Å². The van der Waals surface area contributed by atoms with E-state index in [1.54, 1.807) is 30.5 Å². The van der Waals surface area contributed by atoms with Crippen LogP contribution in [0.15, 0.2) is 47.1 Å². The highest BCUT2D eigenvalue weighted by atomic mass is 79.9. The Balaban J connectivity index is 1.58. The Bertz CT molecular complexity index is 926. The van der Waals surface area contributed by atoms with Crippen molar-refractivity contribution in [3.8, 4) is 11.6 Å². The van der Waals surface area contributed by atoms with Crippen molar-refractivity contribution in [3.05, 3.63) is 52.6 Å². The minimum Gasteiger partial charge on any atom is -0.438 e. The molecule has 7 nitrogen and oxygen atoms in total. The first-order valence-electron chi connectivity index (χ1n) is 8.94. The molecular weight excluding hydrogens is 446 g/mol. The van der Waals surface area contributed by atoms with Gasteiger partial charge in [-0.25, -0.2) is 17.7 Å². The smallest absolute Gasteiger partial charge is 0.256 e. The van der Waals surface area contributed by atoms with Gasteiger partial charge in [0.25, 0.3) is 5.91 Å². The molecule has 1 aromatic carbocycles. The average molecular weight is 468 g/mol. The third kappa shape index (κ3) is 5.52. The zero-order valence-electron chi connectivity index (χ0n) is 15.5. The lowest BCUT2D eigenvalue weighted by Crippen LogP contribution is -2.41. The van der Waals surface area contributed by atoms with Gasteiger partial charge in [-0.15, -0.1) is 0 Å². The zero-order chi connectivity index (χ0) is 20.1. The highest BCUT2D eigenvalue weighted by Gasteiger charge is 2.25. The number of hydrogen-bond acceptors (Lipinski definition) is 5. The molecule has 1 saturated heterocycles. The molecule has 28 heavy (non-hydrogen) atoms. The molecule has 1 N–H and O–H groups in total.